The molecule has 2 aromatic rings. The van der Waals surface area contributed by atoms with Gasteiger partial charge in [-0.3, -0.25) is 9.59 Å². The van der Waals surface area contributed by atoms with E-state index in [-0.39, 0.29) is 43.4 Å². The Morgan fingerprint density at radius 2 is 2.04 bits per heavy atom. The summed E-state index contributed by atoms with van der Waals surface area (Å²) in [5.74, 6) is 0.402. The molecule has 2 amide bonds. The summed E-state index contributed by atoms with van der Waals surface area (Å²) >= 11 is 0. The number of rotatable bonds is 5. The van der Waals surface area contributed by atoms with Crippen LogP contribution in [-0.4, -0.2) is 46.5 Å². The molecule has 0 bridgehead atoms. The second-order valence-corrected chi connectivity index (χ2v) is 5.90. The molecule has 0 spiro atoms. The summed E-state index contributed by atoms with van der Waals surface area (Å²) in [6.45, 7) is 0.387. The predicted octanol–water partition coefficient (Wildman–Crippen LogP) is 1.29. The molecular weight excluding hydrogens is 358 g/mol. The van der Waals surface area contributed by atoms with E-state index in [4.69, 9.17) is 10.3 Å². The molecule has 2 heterocycles. The third kappa shape index (κ3) is 4.59. The third-order valence-corrected chi connectivity index (χ3v) is 4.20. The average Bonchev–Trinajstić information content (AvgIpc) is 3.16. The Labute approximate surface area is 157 Å². The lowest BCUT2D eigenvalue weighted by atomic mass is 10.0. The molecule has 0 radical (unpaired) electrons. The van der Waals surface area contributed by atoms with Crippen molar-refractivity contribution in [2.45, 2.75) is 25.3 Å². The minimum absolute atomic E-state index is 0. The molecule has 1 unspecified atom stereocenters. The molecule has 8 nitrogen and oxygen atoms in total. The molecule has 0 aliphatic carbocycles. The maximum absolute atomic E-state index is 12.5. The van der Waals surface area contributed by atoms with Crippen LogP contribution in [0.25, 0.3) is 11.4 Å². The van der Waals surface area contributed by atoms with Crippen molar-refractivity contribution in [3.05, 3.63) is 36.2 Å². The zero-order valence-corrected chi connectivity index (χ0v) is 15.1. The first-order valence-electron chi connectivity index (χ1n) is 8.34. The lowest BCUT2D eigenvalue weighted by molar-refractivity contribution is -0.136. The summed E-state index contributed by atoms with van der Waals surface area (Å²) in [6, 6.07) is 9.27. The Balaban J connectivity index is 0.00000243. The molecular formula is C17H22ClN5O3. The van der Waals surface area contributed by atoms with Crippen molar-refractivity contribution in [2.75, 3.05) is 19.6 Å². The summed E-state index contributed by atoms with van der Waals surface area (Å²) in [5.41, 5.74) is 6.11. The number of nitrogens with zero attached hydrogens (tertiary/aromatic N) is 3. The smallest absolute Gasteiger partial charge is 0.249 e. The molecule has 1 aromatic carbocycles. The van der Waals surface area contributed by atoms with Crippen molar-refractivity contribution in [2.24, 2.45) is 5.73 Å². The van der Waals surface area contributed by atoms with Crippen LogP contribution >= 0.6 is 12.4 Å². The van der Waals surface area contributed by atoms with Crippen LogP contribution in [0.1, 0.15) is 31.2 Å². The molecule has 1 aromatic heterocycles. The van der Waals surface area contributed by atoms with Gasteiger partial charge in [-0.25, -0.2) is 0 Å². The van der Waals surface area contributed by atoms with Gasteiger partial charge in [-0.1, -0.05) is 35.5 Å². The number of carbonyl (C=O) groups excluding carboxylic acids is 2. The summed E-state index contributed by atoms with van der Waals surface area (Å²) < 4.78 is 5.42. The summed E-state index contributed by atoms with van der Waals surface area (Å²) in [6.07, 6.45) is 2.65. The molecule has 9 heteroatoms. The Morgan fingerprint density at radius 1 is 1.27 bits per heavy atom. The van der Waals surface area contributed by atoms with Crippen molar-refractivity contribution in [1.29, 1.82) is 0 Å². The zero-order chi connectivity index (χ0) is 17.6. The zero-order valence-electron chi connectivity index (χ0n) is 14.3. The van der Waals surface area contributed by atoms with Crippen molar-refractivity contribution in [3.8, 4) is 11.4 Å². The number of halogens is 1. The van der Waals surface area contributed by atoms with Crippen LogP contribution < -0.4 is 11.1 Å². The standard InChI is InChI=1S/C17H21N5O3.ClH/c18-10-14(23)19-11-15(24)22-9-5-4-8-13(22)17-20-16(21-25-17)12-6-2-1-3-7-12;/h1-3,6-7,13H,4-5,8-11,18H2,(H,19,23);1H. The molecule has 1 fully saturated rings. The minimum atomic E-state index is -0.355. The van der Waals surface area contributed by atoms with E-state index in [0.717, 1.165) is 24.8 Å². The van der Waals surface area contributed by atoms with Gasteiger partial charge in [-0.2, -0.15) is 4.98 Å². The van der Waals surface area contributed by atoms with Crippen LogP contribution in [0, 0.1) is 0 Å². The van der Waals surface area contributed by atoms with Crippen LogP contribution in [0.5, 0.6) is 0 Å². The van der Waals surface area contributed by atoms with Gasteiger partial charge >= 0.3 is 0 Å². The van der Waals surface area contributed by atoms with Crippen LogP contribution in [0.2, 0.25) is 0 Å². The van der Waals surface area contributed by atoms with E-state index in [1.165, 1.54) is 0 Å². The number of piperidine rings is 1. The van der Waals surface area contributed by atoms with Gasteiger partial charge in [-0.05, 0) is 19.3 Å². The average molecular weight is 380 g/mol. The number of aromatic nitrogens is 2. The number of hydrogen-bond acceptors (Lipinski definition) is 6. The molecule has 140 valence electrons. The van der Waals surface area contributed by atoms with E-state index >= 15 is 0 Å². The Hall–Kier alpha value is -2.45. The quantitative estimate of drug-likeness (QED) is 0.808. The summed E-state index contributed by atoms with van der Waals surface area (Å²) in [4.78, 5) is 29.9. The Bertz CT molecular complexity index is 737. The number of hydrogen-bond donors (Lipinski definition) is 2. The molecule has 26 heavy (non-hydrogen) atoms. The first-order valence-corrected chi connectivity index (χ1v) is 8.34. The lowest BCUT2D eigenvalue weighted by Gasteiger charge is -2.33. The van der Waals surface area contributed by atoms with Crippen LogP contribution in [-0.2, 0) is 9.59 Å². The second kappa shape index (κ2) is 9.30. The predicted molar refractivity (Wildman–Crippen MR) is 97.4 cm³/mol. The number of carbonyl (C=O) groups is 2. The fourth-order valence-corrected chi connectivity index (χ4v) is 2.91. The van der Waals surface area contributed by atoms with E-state index in [1.54, 1.807) is 4.90 Å². The molecule has 1 atom stereocenters. The van der Waals surface area contributed by atoms with Crippen molar-refractivity contribution < 1.29 is 14.1 Å². The first kappa shape index (κ1) is 19.9. The fraction of sp³-hybridized carbons (Fsp3) is 0.412. The lowest BCUT2D eigenvalue weighted by Crippen LogP contribution is -2.45. The SMILES string of the molecule is Cl.NCC(=O)NCC(=O)N1CCCCC1c1nc(-c2ccccc2)no1. The monoisotopic (exact) mass is 379 g/mol. The fourth-order valence-electron chi connectivity index (χ4n) is 2.91. The molecule has 1 saturated heterocycles. The van der Waals surface area contributed by atoms with Crippen LogP contribution in [0.15, 0.2) is 34.9 Å². The maximum atomic E-state index is 12.5. The number of nitrogens with two attached hydrogens (primary N) is 1. The number of likely N-dealkylation sites (tertiary alicyclic amines) is 1. The van der Waals surface area contributed by atoms with Gasteiger partial charge in [0.2, 0.25) is 23.5 Å². The van der Waals surface area contributed by atoms with E-state index in [9.17, 15) is 9.59 Å². The summed E-state index contributed by atoms with van der Waals surface area (Å²) in [5, 5.41) is 6.54. The molecule has 0 saturated carbocycles. The van der Waals surface area contributed by atoms with E-state index in [0.29, 0.717) is 18.3 Å². The summed E-state index contributed by atoms with van der Waals surface area (Å²) in [7, 11) is 0. The highest BCUT2D eigenvalue weighted by atomic mass is 35.5. The normalized spacial score (nSPS) is 16.7. The van der Waals surface area contributed by atoms with Gasteiger partial charge in [0.05, 0.1) is 13.1 Å². The maximum Gasteiger partial charge on any atom is 0.249 e. The topological polar surface area (TPSA) is 114 Å². The van der Waals surface area contributed by atoms with Gasteiger partial charge in [0.1, 0.15) is 6.04 Å². The second-order valence-electron chi connectivity index (χ2n) is 5.90. The Morgan fingerprint density at radius 3 is 2.77 bits per heavy atom. The number of amides is 2. The third-order valence-electron chi connectivity index (χ3n) is 4.20. The molecule has 3 rings (SSSR count). The number of nitrogens with one attached hydrogen (secondary N) is 1. The highest BCUT2D eigenvalue weighted by molar-refractivity contribution is 5.86. The number of benzene rings is 1. The highest BCUT2D eigenvalue weighted by Gasteiger charge is 2.32. The minimum Gasteiger partial charge on any atom is -0.346 e. The molecule has 3 N–H and O–H groups in total. The van der Waals surface area contributed by atoms with Crippen molar-refractivity contribution in [3.63, 3.8) is 0 Å². The van der Waals surface area contributed by atoms with E-state index in [2.05, 4.69) is 15.5 Å². The van der Waals surface area contributed by atoms with Gasteiger partial charge in [-0.15, -0.1) is 12.4 Å². The van der Waals surface area contributed by atoms with Crippen molar-refractivity contribution in [1.82, 2.24) is 20.4 Å². The van der Waals surface area contributed by atoms with Crippen LogP contribution in [0.4, 0.5) is 0 Å². The van der Waals surface area contributed by atoms with Gasteiger partial charge in [0, 0.05) is 12.1 Å². The van der Waals surface area contributed by atoms with Gasteiger partial charge in [0.25, 0.3) is 0 Å². The van der Waals surface area contributed by atoms with Crippen LogP contribution in [0.3, 0.4) is 0 Å². The van der Waals surface area contributed by atoms with Gasteiger partial charge in [0.15, 0.2) is 0 Å². The largest absolute Gasteiger partial charge is 0.346 e. The molecule has 1 aliphatic heterocycles. The van der Waals surface area contributed by atoms with E-state index in [1.807, 2.05) is 30.3 Å². The van der Waals surface area contributed by atoms with Gasteiger partial charge < -0.3 is 20.5 Å². The Kier molecular flexibility index (Phi) is 7.11. The first-order chi connectivity index (χ1) is 12.2. The van der Waals surface area contributed by atoms with Crippen molar-refractivity contribution >= 4 is 24.2 Å². The van der Waals surface area contributed by atoms with E-state index < -0.39 is 0 Å². The molecule has 1 aliphatic rings. The highest BCUT2D eigenvalue weighted by Crippen LogP contribution is 2.31.